The van der Waals surface area contributed by atoms with E-state index in [0.717, 1.165) is 63.9 Å². The number of para-hydroxylation sites is 1. The maximum Gasteiger partial charge on any atom is 0.140 e. The van der Waals surface area contributed by atoms with Crippen LogP contribution in [0.2, 0.25) is 0 Å². The summed E-state index contributed by atoms with van der Waals surface area (Å²) in [7, 11) is 0. The Bertz CT molecular complexity index is 2270. The van der Waals surface area contributed by atoms with E-state index in [1.807, 2.05) is 34.9 Å². The molecule has 5 nitrogen and oxygen atoms in total. The molecule has 0 saturated heterocycles. The summed E-state index contributed by atoms with van der Waals surface area (Å²) in [4.78, 5) is 4.51. The predicted octanol–water partition coefficient (Wildman–Crippen LogP) is 10.8. The zero-order valence-corrected chi connectivity index (χ0v) is 27.9. The van der Waals surface area contributed by atoms with Crippen molar-refractivity contribution in [1.29, 1.82) is 0 Å². The van der Waals surface area contributed by atoms with Gasteiger partial charge in [-0.3, -0.25) is 4.57 Å². The second-order valence-electron chi connectivity index (χ2n) is 12.6. The molecule has 0 saturated carbocycles. The van der Waals surface area contributed by atoms with Gasteiger partial charge in [0.2, 0.25) is 0 Å². The number of fused-ring (bicyclic) bond motifs is 3. The van der Waals surface area contributed by atoms with Gasteiger partial charge in [-0.15, -0.1) is 0 Å². The molecule has 0 N–H and O–H groups in total. The van der Waals surface area contributed by atoms with Crippen LogP contribution in [-0.4, -0.2) is 19.3 Å². The minimum absolute atomic E-state index is 0.329. The minimum atomic E-state index is -0.329. The first-order chi connectivity index (χ1) is 22.7. The molecule has 0 amide bonds. The van der Waals surface area contributed by atoms with Crippen molar-refractivity contribution in [1.82, 2.24) is 19.3 Å². The van der Waals surface area contributed by atoms with Crippen LogP contribution in [0.3, 0.4) is 0 Å². The first kappa shape index (κ1) is 30.4. The number of halogens is 1. The van der Waals surface area contributed by atoms with Gasteiger partial charge in [-0.1, -0.05) is 49.2 Å². The first-order valence-electron chi connectivity index (χ1n) is 16.3. The summed E-state index contributed by atoms with van der Waals surface area (Å²) in [6.45, 7) is 13.0. The number of pyridine rings is 1. The fourth-order valence-corrected chi connectivity index (χ4v) is 7.09. The largest absolute Gasteiger partial charge is 0.457 e. The fraction of sp³-hybridized carbons (Fsp3) is 0.220. The molecule has 0 aliphatic rings. The Balaban J connectivity index is 1.33. The summed E-state index contributed by atoms with van der Waals surface area (Å²) < 4.78 is 25.0. The van der Waals surface area contributed by atoms with Crippen molar-refractivity contribution >= 4 is 21.8 Å². The van der Waals surface area contributed by atoms with Gasteiger partial charge in [0.15, 0.2) is 0 Å². The van der Waals surface area contributed by atoms with Crippen molar-refractivity contribution in [3.05, 3.63) is 131 Å². The van der Waals surface area contributed by atoms with E-state index in [2.05, 4.69) is 93.7 Å². The minimum Gasteiger partial charge on any atom is -0.457 e. The highest BCUT2D eigenvalue weighted by atomic mass is 19.1. The van der Waals surface area contributed by atoms with Crippen LogP contribution in [-0.2, 0) is 6.42 Å². The Morgan fingerprint density at radius 1 is 0.745 bits per heavy atom. The van der Waals surface area contributed by atoms with Crippen LogP contribution >= 0.6 is 0 Å². The zero-order valence-electron chi connectivity index (χ0n) is 27.9. The Kier molecular flexibility index (Phi) is 7.88. The van der Waals surface area contributed by atoms with Crippen LogP contribution in [0, 0.1) is 40.4 Å². The Morgan fingerprint density at radius 2 is 1.51 bits per heavy atom. The van der Waals surface area contributed by atoms with Crippen LogP contribution in [0.15, 0.2) is 91.1 Å². The maximum absolute atomic E-state index is 14.4. The van der Waals surface area contributed by atoms with Crippen LogP contribution < -0.4 is 4.74 Å². The number of ether oxygens (including phenoxy) is 1. The molecule has 3 heterocycles. The first-order valence-corrected chi connectivity index (χ1v) is 16.3. The van der Waals surface area contributed by atoms with Gasteiger partial charge >= 0.3 is 0 Å². The number of unbranched alkanes of at least 4 members (excludes halogenated alkanes) is 1. The van der Waals surface area contributed by atoms with Crippen molar-refractivity contribution in [2.45, 2.75) is 60.8 Å². The molecule has 0 spiro atoms. The van der Waals surface area contributed by atoms with E-state index in [4.69, 9.17) is 9.84 Å². The number of aromatic nitrogens is 4. The Labute approximate surface area is 275 Å². The molecule has 0 fully saturated rings. The van der Waals surface area contributed by atoms with E-state index >= 15 is 0 Å². The molecule has 236 valence electrons. The molecule has 7 rings (SSSR count). The number of hydrogen-bond acceptors (Lipinski definition) is 3. The van der Waals surface area contributed by atoms with E-state index in [1.54, 1.807) is 0 Å². The molecule has 4 aromatic carbocycles. The molecular weight excluding hydrogens is 583 g/mol. The van der Waals surface area contributed by atoms with Gasteiger partial charge < -0.3 is 4.74 Å². The summed E-state index contributed by atoms with van der Waals surface area (Å²) in [5, 5.41) is 7.19. The van der Waals surface area contributed by atoms with Crippen molar-refractivity contribution in [3.8, 4) is 34.1 Å². The number of nitrogens with zero attached hydrogens (tertiary/aromatic N) is 4. The average Bonchev–Trinajstić information content (AvgIpc) is 3.52. The quantitative estimate of drug-likeness (QED) is 0.169. The van der Waals surface area contributed by atoms with Crippen molar-refractivity contribution in [2.24, 2.45) is 0 Å². The molecule has 3 aromatic heterocycles. The maximum atomic E-state index is 14.4. The number of benzene rings is 4. The molecule has 0 aliphatic carbocycles. The van der Waals surface area contributed by atoms with E-state index in [1.165, 1.54) is 51.7 Å². The smallest absolute Gasteiger partial charge is 0.140 e. The van der Waals surface area contributed by atoms with Crippen LogP contribution in [0.25, 0.3) is 44.4 Å². The average molecular weight is 623 g/mol. The zero-order chi connectivity index (χ0) is 32.8. The molecule has 6 heteroatoms. The second kappa shape index (κ2) is 12.2. The predicted molar refractivity (Wildman–Crippen MR) is 190 cm³/mol. The molecular formula is C41H39FN4O. The van der Waals surface area contributed by atoms with E-state index in [9.17, 15) is 4.39 Å². The third-order valence-electron chi connectivity index (χ3n) is 9.05. The van der Waals surface area contributed by atoms with Gasteiger partial charge in [0, 0.05) is 46.4 Å². The lowest BCUT2D eigenvalue weighted by Crippen LogP contribution is -2.02. The number of rotatable bonds is 8. The Morgan fingerprint density at radius 3 is 2.28 bits per heavy atom. The highest BCUT2D eigenvalue weighted by Crippen LogP contribution is 2.37. The van der Waals surface area contributed by atoms with Gasteiger partial charge in [-0.2, -0.15) is 5.10 Å². The van der Waals surface area contributed by atoms with E-state index in [-0.39, 0.29) is 5.82 Å². The van der Waals surface area contributed by atoms with Crippen molar-refractivity contribution < 1.29 is 9.13 Å². The second-order valence-corrected chi connectivity index (χ2v) is 12.6. The molecule has 0 atom stereocenters. The Hall–Kier alpha value is -5.23. The molecule has 0 unspecified atom stereocenters. The molecule has 7 aromatic rings. The summed E-state index contributed by atoms with van der Waals surface area (Å²) in [5.74, 6) is 1.63. The normalized spacial score (nSPS) is 11.6. The topological polar surface area (TPSA) is 44.9 Å². The molecule has 0 aliphatic heterocycles. The van der Waals surface area contributed by atoms with Crippen molar-refractivity contribution in [2.75, 3.05) is 0 Å². The fourth-order valence-electron chi connectivity index (χ4n) is 7.09. The highest BCUT2D eigenvalue weighted by Gasteiger charge is 2.20. The van der Waals surface area contributed by atoms with Gasteiger partial charge in [-0.05, 0) is 106 Å². The lowest BCUT2D eigenvalue weighted by Gasteiger charge is -2.14. The monoisotopic (exact) mass is 622 g/mol. The van der Waals surface area contributed by atoms with Crippen LogP contribution in [0.4, 0.5) is 4.39 Å². The third-order valence-corrected chi connectivity index (χ3v) is 9.05. The summed E-state index contributed by atoms with van der Waals surface area (Å²) >= 11 is 0. The van der Waals surface area contributed by atoms with Crippen LogP contribution in [0.5, 0.6) is 11.5 Å². The number of hydrogen-bond donors (Lipinski definition) is 0. The van der Waals surface area contributed by atoms with Gasteiger partial charge in [0.1, 0.15) is 23.1 Å². The van der Waals surface area contributed by atoms with E-state index in [0.29, 0.717) is 11.6 Å². The van der Waals surface area contributed by atoms with Gasteiger partial charge in [-0.25, -0.2) is 14.1 Å². The molecule has 0 radical (unpaired) electrons. The number of aryl methyl sites for hydroxylation is 5. The van der Waals surface area contributed by atoms with E-state index < -0.39 is 0 Å². The SMILES string of the molecule is CCCCc1cc(Oc2ccc3c4ccccc4n(-c4cc(F)ccn4)c3c2)cc(-n2nc(C)c(-c3c(C)cc(C)cc3C)c2C)c1. The third kappa shape index (κ3) is 5.58. The summed E-state index contributed by atoms with van der Waals surface area (Å²) in [6, 6.07) is 28.0. The summed E-state index contributed by atoms with van der Waals surface area (Å²) in [5.41, 5.74) is 12.4. The van der Waals surface area contributed by atoms with Gasteiger partial charge in [0.05, 0.1) is 22.4 Å². The molecule has 47 heavy (non-hydrogen) atoms. The summed E-state index contributed by atoms with van der Waals surface area (Å²) in [6.07, 6.45) is 4.63. The lowest BCUT2D eigenvalue weighted by molar-refractivity contribution is 0.482. The highest BCUT2D eigenvalue weighted by molar-refractivity contribution is 6.09. The van der Waals surface area contributed by atoms with Gasteiger partial charge in [0.25, 0.3) is 0 Å². The van der Waals surface area contributed by atoms with Crippen molar-refractivity contribution in [3.63, 3.8) is 0 Å². The molecule has 0 bridgehead atoms. The van der Waals surface area contributed by atoms with Crippen LogP contribution in [0.1, 0.15) is 53.4 Å². The lowest BCUT2D eigenvalue weighted by atomic mass is 9.92. The standard InChI is InChI=1S/C41H39FN4O/c1-7-8-11-30-20-32(46-29(6)41(28(5)44-46)40-26(3)18-25(2)19-27(40)4)23-34(21-30)47-33-14-15-36-35-12-9-10-13-37(35)45(38(36)24-33)39-22-31(42)16-17-43-39/h9-10,12-24H,7-8,11H2,1-6H3.